The van der Waals surface area contributed by atoms with Gasteiger partial charge in [0.1, 0.15) is 23.3 Å². The van der Waals surface area contributed by atoms with Crippen LogP contribution in [0.25, 0.3) is 0 Å². The van der Waals surface area contributed by atoms with Gasteiger partial charge in [-0.3, -0.25) is 0 Å². The molecule has 1 aromatic heterocycles. The Labute approximate surface area is 131 Å². The summed E-state index contributed by atoms with van der Waals surface area (Å²) in [6.45, 7) is 5.77. The van der Waals surface area contributed by atoms with Crippen molar-refractivity contribution in [1.82, 2.24) is 14.9 Å². The maximum absolute atomic E-state index is 5.95. The Balaban J connectivity index is 1.92. The molecule has 0 saturated carbocycles. The number of hydrogen-bond acceptors (Lipinski definition) is 3. The van der Waals surface area contributed by atoms with Crippen molar-refractivity contribution in [3.63, 3.8) is 0 Å². The molecule has 0 radical (unpaired) electrons. The largest absolute Gasteiger partial charge is 0.486 e. The van der Waals surface area contributed by atoms with Gasteiger partial charge in [-0.2, -0.15) is 0 Å². The monoisotopic (exact) mass is 307 g/mol. The smallest absolute Gasteiger partial charge is 0.147 e. The van der Waals surface area contributed by atoms with Gasteiger partial charge in [0.15, 0.2) is 0 Å². The fourth-order valence-corrected chi connectivity index (χ4v) is 2.18. The van der Waals surface area contributed by atoms with Gasteiger partial charge in [-0.15, -0.1) is 0 Å². The normalized spacial score (nSPS) is 12.4. The summed E-state index contributed by atoms with van der Waals surface area (Å²) >= 11 is 5.95. The van der Waals surface area contributed by atoms with E-state index in [1.807, 2.05) is 23.7 Å². The minimum atomic E-state index is 0.354. The number of nitrogens with one attached hydrogen (secondary N) is 1. The third-order valence-corrected chi connectivity index (χ3v) is 3.83. The number of rotatable bonds is 7. The molecule has 0 aliphatic heterocycles. The number of ether oxygens (including phenoxy) is 1. The van der Waals surface area contributed by atoms with Gasteiger partial charge in [0.25, 0.3) is 0 Å². The van der Waals surface area contributed by atoms with E-state index in [9.17, 15) is 0 Å². The molecule has 0 aliphatic carbocycles. The van der Waals surface area contributed by atoms with Crippen molar-refractivity contribution in [1.29, 1.82) is 0 Å². The van der Waals surface area contributed by atoms with E-state index >= 15 is 0 Å². The molecule has 1 heterocycles. The molecule has 5 heteroatoms. The lowest BCUT2D eigenvalue weighted by atomic mass is 10.1. The van der Waals surface area contributed by atoms with Crippen LogP contribution in [0.1, 0.15) is 37.7 Å². The van der Waals surface area contributed by atoms with Crippen LogP contribution in [-0.2, 0) is 13.7 Å². The minimum Gasteiger partial charge on any atom is -0.486 e. The summed E-state index contributed by atoms with van der Waals surface area (Å²) in [7, 11) is 1.87. The average Bonchev–Trinajstić information content (AvgIpc) is 2.83. The molecule has 0 amide bonds. The van der Waals surface area contributed by atoms with Crippen LogP contribution in [0.15, 0.2) is 30.5 Å². The fourth-order valence-electron chi connectivity index (χ4n) is 2.04. The molecule has 1 N–H and O–H groups in total. The maximum atomic E-state index is 5.95. The van der Waals surface area contributed by atoms with Gasteiger partial charge in [-0.1, -0.05) is 30.7 Å². The zero-order chi connectivity index (χ0) is 15.2. The topological polar surface area (TPSA) is 39.1 Å². The van der Waals surface area contributed by atoms with E-state index in [0.29, 0.717) is 17.8 Å². The third kappa shape index (κ3) is 4.22. The molecule has 2 rings (SSSR count). The third-order valence-electron chi connectivity index (χ3n) is 3.48. The Hall–Kier alpha value is -1.52. The second-order valence-corrected chi connectivity index (χ2v) is 5.48. The van der Waals surface area contributed by atoms with Gasteiger partial charge in [0.2, 0.25) is 0 Å². The zero-order valence-electron chi connectivity index (χ0n) is 12.8. The molecule has 1 aromatic carbocycles. The number of nitrogens with zero attached hydrogens (tertiary/aromatic N) is 2. The summed E-state index contributed by atoms with van der Waals surface area (Å²) in [4.78, 5) is 4.21. The number of benzene rings is 1. The van der Waals surface area contributed by atoms with Crippen molar-refractivity contribution in [3.05, 3.63) is 47.0 Å². The molecule has 21 heavy (non-hydrogen) atoms. The van der Waals surface area contributed by atoms with Gasteiger partial charge in [0, 0.05) is 13.1 Å². The number of imidazole rings is 1. The van der Waals surface area contributed by atoms with E-state index in [1.165, 1.54) is 5.56 Å². The molecular weight excluding hydrogens is 286 g/mol. The first kappa shape index (κ1) is 15.9. The highest BCUT2D eigenvalue weighted by atomic mass is 35.5. The first-order valence-corrected chi connectivity index (χ1v) is 7.61. The van der Waals surface area contributed by atoms with Gasteiger partial charge < -0.3 is 14.6 Å². The molecule has 0 spiro atoms. The van der Waals surface area contributed by atoms with E-state index < -0.39 is 0 Å². The van der Waals surface area contributed by atoms with E-state index in [4.69, 9.17) is 16.3 Å². The zero-order valence-corrected chi connectivity index (χ0v) is 13.5. The predicted molar refractivity (Wildman–Crippen MR) is 85.7 cm³/mol. The number of halogens is 1. The predicted octanol–water partition coefficient (Wildman–Crippen LogP) is 3.71. The SMILES string of the molecule is CCCNC(C)c1ccc(OCc2ncc(Cl)n2C)cc1. The molecule has 114 valence electrons. The molecule has 0 aliphatic rings. The summed E-state index contributed by atoms with van der Waals surface area (Å²) in [5, 5.41) is 4.08. The molecule has 1 unspecified atom stereocenters. The molecule has 2 aromatic rings. The van der Waals surface area contributed by atoms with Gasteiger partial charge in [-0.25, -0.2) is 4.98 Å². The Kier molecular flexibility index (Phi) is 5.65. The quantitative estimate of drug-likeness (QED) is 0.847. The van der Waals surface area contributed by atoms with Crippen molar-refractivity contribution in [3.8, 4) is 5.75 Å². The highest BCUT2D eigenvalue weighted by Crippen LogP contribution is 2.19. The van der Waals surface area contributed by atoms with Crippen molar-refractivity contribution in [2.75, 3.05) is 6.54 Å². The van der Waals surface area contributed by atoms with Gasteiger partial charge in [-0.05, 0) is 37.6 Å². The lowest BCUT2D eigenvalue weighted by molar-refractivity contribution is 0.291. The Morgan fingerprint density at radius 1 is 1.33 bits per heavy atom. The van der Waals surface area contributed by atoms with Gasteiger partial charge >= 0.3 is 0 Å². The first-order chi connectivity index (χ1) is 10.1. The Morgan fingerprint density at radius 3 is 2.62 bits per heavy atom. The van der Waals surface area contributed by atoms with Crippen molar-refractivity contribution >= 4 is 11.6 Å². The first-order valence-electron chi connectivity index (χ1n) is 7.24. The van der Waals surface area contributed by atoms with Crippen molar-refractivity contribution in [2.45, 2.75) is 32.9 Å². The minimum absolute atomic E-state index is 0.354. The van der Waals surface area contributed by atoms with E-state index in [0.717, 1.165) is 24.5 Å². The second-order valence-electron chi connectivity index (χ2n) is 5.09. The molecular formula is C16H22ClN3O. The average molecular weight is 308 g/mol. The van der Waals surface area contributed by atoms with Crippen LogP contribution in [0.4, 0.5) is 0 Å². The van der Waals surface area contributed by atoms with Crippen molar-refractivity contribution in [2.24, 2.45) is 7.05 Å². The molecule has 1 atom stereocenters. The lowest BCUT2D eigenvalue weighted by Crippen LogP contribution is -2.19. The second kappa shape index (κ2) is 7.48. The number of aromatic nitrogens is 2. The van der Waals surface area contributed by atoms with Crippen LogP contribution < -0.4 is 10.1 Å². The molecule has 0 bridgehead atoms. The van der Waals surface area contributed by atoms with Crippen LogP contribution in [-0.4, -0.2) is 16.1 Å². The summed E-state index contributed by atoms with van der Waals surface area (Å²) < 4.78 is 7.55. The Morgan fingerprint density at radius 2 is 2.05 bits per heavy atom. The van der Waals surface area contributed by atoms with Crippen LogP contribution in [0.2, 0.25) is 5.15 Å². The summed E-state index contributed by atoms with van der Waals surface area (Å²) in [5.41, 5.74) is 1.26. The molecule has 0 saturated heterocycles. The summed E-state index contributed by atoms with van der Waals surface area (Å²) in [6, 6.07) is 8.52. The molecule has 0 fully saturated rings. The summed E-state index contributed by atoms with van der Waals surface area (Å²) in [5.74, 6) is 1.64. The van der Waals surface area contributed by atoms with Crippen LogP contribution in [0.3, 0.4) is 0 Å². The van der Waals surface area contributed by atoms with Gasteiger partial charge in [0.05, 0.1) is 6.20 Å². The van der Waals surface area contributed by atoms with Crippen LogP contribution >= 0.6 is 11.6 Å². The van der Waals surface area contributed by atoms with E-state index in [2.05, 4.69) is 36.3 Å². The fraction of sp³-hybridized carbons (Fsp3) is 0.438. The van der Waals surface area contributed by atoms with Crippen molar-refractivity contribution < 1.29 is 4.74 Å². The maximum Gasteiger partial charge on any atom is 0.147 e. The summed E-state index contributed by atoms with van der Waals surface area (Å²) in [6.07, 6.45) is 2.77. The standard InChI is InChI=1S/C16H22ClN3O/c1-4-9-18-12(2)13-5-7-14(8-6-13)21-11-16-19-10-15(17)20(16)3/h5-8,10,12,18H,4,9,11H2,1-3H3. The number of hydrogen-bond donors (Lipinski definition) is 1. The van der Waals surface area contributed by atoms with E-state index in [-0.39, 0.29) is 0 Å². The highest BCUT2D eigenvalue weighted by Gasteiger charge is 2.07. The highest BCUT2D eigenvalue weighted by molar-refractivity contribution is 6.29. The van der Waals surface area contributed by atoms with E-state index in [1.54, 1.807) is 6.20 Å². The van der Waals surface area contributed by atoms with Crippen LogP contribution in [0, 0.1) is 0 Å². The lowest BCUT2D eigenvalue weighted by Gasteiger charge is -2.14. The Bertz CT molecular complexity index is 565. The van der Waals surface area contributed by atoms with Crippen LogP contribution in [0.5, 0.6) is 5.75 Å². The molecule has 4 nitrogen and oxygen atoms in total.